The van der Waals surface area contributed by atoms with Crippen molar-refractivity contribution in [2.45, 2.75) is 25.3 Å². The number of benzene rings is 1. The van der Waals surface area contributed by atoms with E-state index >= 15 is 0 Å². The molecule has 2 amide bonds. The van der Waals surface area contributed by atoms with Gasteiger partial charge in [0.15, 0.2) is 0 Å². The van der Waals surface area contributed by atoms with Crippen LogP contribution in [0.25, 0.3) is 0 Å². The Hall–Kier alpha value is -1.93. The summed E-state index contributed by atoms with van der Waals surface area (Å²) < 4.78 is 32.1. The van der Waals surface area contributed by atoms with Crippen molar-refractivity contribution < 1.29 is 23.1 Å². The SMILES string of the molecule is CCOc1ccccc1C(=O)N1CCN(C(=O)C2CC(F)(F)CN2)CC1.Cl. The fourth-order valence-corrected chi connectivity index (χ4v) is 3.34. The third-order valence-electron chi connectivity index (χ3n) is 4.70. The summed E-state index contributed by atoms with van der Waals surface area (Å²) >= 11 is 0. The molecule has 150 valence electrons. The average molecular weight is 404 g/mol. The zero-order valence-corrected chi connectivity index (χ0v) is 15.9. The van der Waals surface area contributed by atoms with Gasteiger partial charge >= 0.3 is 0 Å². The van der Waals surface area contributed by atoms with Crippen LogP contribution in [-0.2, 0) is 4.79 Å². The summed E-state index contributed by atoms with van der Waals surface area (Å²) in [6.45, 7) is 3.27. The Labute approximate surface area is 163 Å². The molecule has 0 aliphatic carbocycles. The number of amides is 2. The third kappa shape index (κ3) is 4.87. The van der Waals surface area contributed by atoms with Gasteiger partial charge in [-0.2, -0.15) is 0 Å². The van der Waals surface area contributed by atoms with E-state index in [1.807, 2.05) is 13.0 Å². The molecule has 27 heavy (non-hydrogen) atoms. The zero-order chi connectivity index (χ0) is 18.7. The Morgan fingerprint density at radius 3 is 2.41 bits per heavy atom. The van der Waals surface area contributed by atoms with Gasteiger partial charge in [-0.15, -0.1) is 12.4 Å². The molecule has 0 aromatic heterocycles. The Bertz CT molecular complexity index is 682. The Morgan fingerprint density at radius 2 is 1.81 bits per heavy atom. The summed E-state index contributed by atoms with van der Waals surface area (Å²) in [6.07, 6.45) is -0.466. The molecule has 0 radical (unpaired) electrons. The molecule has 1 atom stereocenters. The van der Waals surface area contributed by atoms with E-state index in [0.717, 1.165) is 0 Å². The number of nitrogens with zero attached hydrogens (tertiary/aromatic N) is 2. The highest BCUT2D eigenvalue weighted by Gasteiger charge is 2.44. The first-order valence-electron chi connectivity index (χ1n) is 8.82. The van der Waals surface area contributed by atoms with Gasteiger partial charge in [0.1, 0.15) is 5.75 Å². The maximum absolute atomic E-state index is 13.3. The van der Waals surface area contributed by atoms with E-state index in [1.54, 1.807) is 28.0 Å². The number of nitrogens with one attached hydrogen (secondary N) is 1. The molecule has 6 nitrogen and oxygen atoms in total. The molecule has 2 fully saturated rings. The first kappa shape index (κ1) is 21.4. The van der Waals surface area contributed by atoms with Gasteiger partial charge in [0.25, 0.3) is 11.8 Å². The lowest BCUT2D eigenvalue weighted by atomic mass is 10.1. The minimum atomic E-state index is -2.83. The maximum atomic E-state index is 13.3. The highest BCUT2D eigenvalue weighted by atomic mass is 35.5. The molecule has 2 saturated heterocycles. The molecule has 0 saturated carbocycles. The number of piperazine rings is 1. The van der Waals surface area contributed by atoms with Crippen LogP contribution in [0.2, 0.25) is 0 Å². The second kappa shape index (κ2) is 8.84. The standard InChI is InChI=1S/C18H23F2N3O3.ClH/c1-2-26-15-6-4-3-5-13(15)16(24)22-7-9-23(10-8-22)17(25)14-11-18(19,20)12-21-14;/h3-6,14,21H,2,7-12H2,1H3;1H. The minimum absolute atomic E-state index is 0. The molecule has 1 aromatic rings. The molecule has 0 spiro atoms. The highest BCUT2D eigenvalue weighted by molar-refractivity contribution is 5.97. The van der Waals surface area contributed by atoms with Crippen LogP contribution in [0.4, 0.5) is 8.78 Å². The Morgan fingerprint density at radius 1 is 1.19 bits per heavy atom. The van der Waals surface area contributed by atoms with Crippen LogP contribution >= 0.6 is 12.4 Å². The highest BCUT2D eigenvalue weighted by Crippen LogP contribution is 2.26. The molecule has 2 heterocycles. The van der Waals surface area contributed by atoms with Crippen molar-refractivity contribution in [2.75, 3.05) is 39.3 Å². The van der Waals surface area contributed by atoms with Crippen molar-refractivity contribution >= 4 is 24.2 Å². The lowest BCUT2D eigenvalue weighted by Gasteiger charge is -2.36. The topological polar surface area (TPSA) is 61.9 Å². The van der Waals surface area contributed by atoms with Gasteiger partial charge in [-0.25, -0.2) is 8.78 Å². The van der Waals surface area contributed by atoms with Crippen LogP contribution < -0.4 is 10.1 Å². The first-order chi connectivity index (χ1) is 12.4. The second-order valence-corrected chi connectivity index (χ2v) is 6.54. The number of carbonyl (C=O) groups is 2. The Balaban J connectivity index is 0.00000261. The molecule has 1 aromatic carbocycles. The van der Waals surface area contributed by atoms with E-state index in [1.165, 1.54) is 0 Å². The van der Waals surface area contributed by atoms with Crippen LogP contribution in [-0.4, -0.2) is 72.9 Å². The largest absolute Gasteiger partial charge is 0.493 e. The second-order valence-electron chi connectivity index (χ2n) is 6.54. The van der Waals surface area contributed by atoms with Gasteiger partial charge in [0.05, 0.1) is 24.8 Å². The quantitative estimate of drug-likeness (QED) is 0.832. The van der Waals surface area contributed by atoms with Gasteiger partial charge in [0.2, 0.25) is 5.91 Å². The van der Waals surface area contributed by atoms with Crippen molar-refractivity contribution in [3.63, 3.8) is 0 Å². The number of hydrogen-bond donors (Lipinski definition) is 1. The van der Waals surface area contributed by atoms with Crippen LogP contribution in [0, 0.1) is 0 Å². The molecule has 3 rings (SSSR count). The van der Waals surface area contributed by atoms with Crippen LogP contribution in [0.5, 0.6) is 5.75 Å². The molecule has 0 bridgehead atoms. The number of rotatable bonds is 4. The molecular weight excluding hydrogens is 380 g/mol. The lowest BCUT2D eigenvalue weighted by molar-refractivity contribution is -0.135. The van der Waals surface area contributed by atoms with Crippen LogP contribution in [0.15, 0.2) is 24.3 Å². The summed E-state index contributed by atoms with van der Waals surface area (Å²) in [5.74, 6) is -2.76. The van der Waals surface area contributed by atoms with Crippen molar-refractivity contribution in [3.05, 3.63) is 29.8 Å². The molecule has 1 N–H and O–H groups in total. The van der Waals surface area contributed by atoms with Crippen molar-refractivity contribution in [3.8, 4) is 5.75 Å². The van der Waals surface area contributed by atoms with Crippen molar-refractivity contribution in [2.24, 2.45) is 0 Å². The summed E-state index contributed by atoms with van der Waals surface area (Å²) in [5.41, 5.74) is 0.492. The maximum Gasteiger partial charge on any atom is 0.262 e. The lowest BCUT2D eigenvalue weighted by Crippen LogP contribution is -2.54. The van der Waals surface area contributed by atoms with Gasteiger partial charge in [-0.05, 0) is 19.1 Å². The summed E-state index contributed by atoms with van der Waals surface area (Å²) in [4.78, 5) is 28.3. The number of ether oxygens (including phenoxy) is 1. The van der Waals surface area contributed by atoms with Crippen molar-refractivity contribution in [1.29, 1.82) is 0 Å². The number of halogens is 3. The van der Waals surface area contributed by atoms with Crippen LogP contribution in [0.3, 0.4) is 0 Å². The average Bonchev–Trinajstić information content (AvgIpc) is 3.01. The summed E-state index contributed by atoms with van der Waals surface area (Å²) in [6, 6.07) is 6.22. The fourth-order valence-electron chi connectivity index (χ4n) is 3.34. The number of alkyl halides is 2. The third-order valence-corrected chi connectivity index (χ3v) is 4.70. The molecule has 2 aliphatic rings. The Kier molecular flexibility index (Phi) is 7.00. The van der Waals surface area contributed by atoms with E-state index in [9.17, 15) is 18.4 Å². The number of carbonyl (C=O) groups excluding carboxylic acids is 2. The van der Waals surface area contributed by atoms with Crippen molar-refractivity contribution in [1.82, 2.24) is 15.1 Å². The van der Waals surface area contributed by atoms with E-state index in [2.05, 4.69) is 5.32 Å². The van der Waals surface area contributed by atoms with Gasteiger partial charge in [-0.3, -0.25) is 14.9 Å². The number of hydrogen-bond acceptors (Lipinski definition) is 4. The van der Waals surface area contributed by atoms with E-state index in [0.29, 0.717) is 44.1 Å². The monoisotopic (exact) mass is 403 g/mol. The normalized spacial score (nSPS) is 21.5. The summed E-state index contributed by atoms with van der Waals surface area (Å²) in [5, 5.41) is 2.59. The van der Waals surface area contributed by atoms with Gasteiger partial charge in [0, 0.05) is 32.6 Å². The van der Waals surface area contributed by atoms with Crippen LogP contribution in [0.1, 0.15) is 23.7 Å². The van der Waals surface area contributed by atoms with E-state index < -0.39 is 24.9 Å². The molecule has 9 heteroatoms. The first-order valence-corrected chi connectivity index (χ1v) is 8.82. The zero-order valence-electron chi connectivity index (χ0n) is 15.1. The van der Waals surface area contributed by atoms with E-state index in [-0.39, 0.29) is 24.2 Å². The van der Waals surface area contributed by atoms with E-state index in [4.69, 9.17) is 4.74 Å². The van der Waals surface area contributed by atoms with Gasteiger partial charge in [-0.1, -0.05) is 12.1 Å². The minimum Gasteiger partial charge on any atom is -0.493 e. The molecular formula is C18H24ClF2N3O3. The predicted molar refractivity (Wildman–Crippen MR) is 98.7 cm³/mol. The molecule has 2 aliphatic heterocycles. The predicted octanol–water partition coefficient (Wildman–Crippen LogP) is 1.79. The smallest absolute Gasteiger partial charge is 0.262 e. The summed E-state index contributed by atoms with van der Waals surface area (Å²) in [7, 11) is 0. The van der Waals surface area contributed by atoms with Gasteiger partial charge < -0.3 is 14.5 Å². The number of para-hydroxylation sites is 1. The fraction of sp³-hybridized carbons (Fsp3) is 0.556. The molecule has 1 unspecified atom stereocenters.